The minimum Gasteiger partial charge on any atom is -0.382 e. The molecule has 1 saturated heterocycles. The Morgan fingerprint density at radius 1 is 1.17 bits per heavy atom. The van der Waals surface area contributed by atoms with Gasteiger partial charge in [-0.3, -0.25) is 0 Å². The van der Waals surface area contributed by atoms with E-state index < -0.39 is 0 Å². The lowest BCUT2D eigenvalue weighted by Crippen LogP contribution is -2.31. The van der Waals surface area contributed by atoms with Gasteiger partial charge in [-0.15, -0.1) is 0 Å². The van der Waals surface area contributed by atoms with Crippen LogP contribution in [0.15, 0.2) is 0 Å². The van der Waals surface area contributed by atoms with E-state index in [4.69, 9.17) is 18.9 Å². The molecule has 0 radical (unpaired) electrons. The van der Waals surface area contributed by atoms with Gasteiger partial charge in [-0.1, -0.05) is 0 Å². The van der Waals surface area contributed by atoms with Gasteiger partial charge in [0.25, 0.3) is 0 Å². The Morgan fingerprint density at radius 2 is 1.89 bits per heavy atom. The fourth-order valence-corrected chi connectivity index (χ4v) is 1.93. The van der Waals surface area contributed by atoms with E-state index in [1.54, 1.807) is 7.11 Å². The molecule has 18 heavy (non-hydrogen) atoms. The molecule has 0 spiro atoms. The Labute approximate surface area is 109 Å². The molecule has 1 atom stereocenters. The summed E-state index contributed by atoms with van der Waals surface area (Å²) < 4.78 is 21.0. The molecule has 0 aliphatic carbocycles. The molecule has 1 unspecified atom stereocenters. The topological polar surface area (TPSA) is 60.7 Å². The molecule has 0 bridgehead atoms. The number of methoxy groups -OCH3 is 1. The van der Waals surface area contributed by atoms with Crippen molar-refractivity contribution in [2.75, 3.05) is 53.4 Å². The second kappa shape index (κ2) is 9.29. The van der Waals surface area contributed by atoms with Crippen LogP contribution < -0.4 is 0 Å². The van der Waals surface area contributed by atoms with Crippen molar-refractivity contribution >= 4 is 0 Å². The first-order chi connectivity index (χ1) is 8.83. The Morgan fingerprint density at radius 3 is 2.50 bits per heavy atom. The first kappa shape index (κ1) is 15.4. The number of hydrogen-bond donors (Lipinski definition) is 0. The van der Waals surface area contributed by atoms with Gasteiger partial charge in [0, 0.05) is 20.3 Å². The second-order valence-electron chi connectivity index (χ2n) is 4.52. The van der Waals surface area contributed by atoms with Gasteiger partial charge >= 0.3 is 0 Å². The van der Waals surface area contributed by atoms with Gasteiger partial charge in [0.15, 0.2) is 0 Å². The summed E-state index contributed by atoms with van der Waals surface area (Å²) in [6.45, 7) is 4.23. The van der Waals surface area contributed by atoms with Crippen molar-refractivity contribution in [3.63, 3.8) is 0 Å². The molecule has 5 heteroatoms. The van der Waals surface area contributed by atoms with Crippen molar-refractivity contribution in [3.05, 3.63) is 0 Å². The van der Waals surface area contributed by atoms with Crippen molar-refractivity contribution in [2.24, 2.45) is 5.41 Å². The van der Waals surface area contributed by atoms with Gasteiger partial charge in [0.2, 0.25) is 0 Å². The molecule has 1 aliphatic rings. The van der Waals surface area contributed by atoms with E-state index in [0.717, 1.165) is 25.9 Å². The Kier molecular flexibility index (Phi) is 7.94. The first-order valence-electron chi connectivity index (χ1n) is 6.46. The van der Waals surface area contributed by atoms with Crippen LogP contribution in [0.2, 0.25) is 0 Å². The lowest BCUT2D eigenvalue weighted by atomic mass is 9.81. The SMILES string of the molecule is COCCOCCOCCC1(C#N)CCCOC1. The van der Waals surface area contributed by atoms with E-state index >= 15 is 0 Å². The molecule has 1 fully saturated rings. The average Bonchev–Trinajstić information content (AvgIpc) is 2.43. The third-order valence-corrected chi connectivity index (χ3v) is 3.09. The number of ether oxygens (including phenoxy) is 4. The second-order valence-corrected chi connectivity index (χ2v) is 4.52. The van der Waals surface area contributed by atoms with Crippen molar-refractivity contribution in [1.29, 1.82) is 5.26 Å². The molecule has 0 aromatic carbocycles. The van der Waals surface area contributed by atoms with Crippen LogP contribution >= 0.6 is 0 Å². The van der Waals surface area contributed by atoms with Crippen LogP contribution in [0.1, 0.15) is 19.3 Å². The zero-order valence-corrected chi connectivity index (χ0v) is 11.2. The van der Waals surface area contributed by atoms with E-state index in [1.807, 2.05) is 0 Å². The summed E-state index contributed by atoms with van der Waals surface area (Å²) in [6, 6.07) is 2.38. The number of nitrogens with zero attached hydrogens (tertiary/aromatic N) is 1. The van der Waals surface area contributed by atoms with E-state index in [-0.39, 0.29) is 5.41 Å². The van der Waals surface area contributed by atoms with Gasteiger partial charge < -0.3 is 18.9 Å². The molecule has 1 heterocycles. The van der Waals surface area contributed by atoms with Crippen LogP contribution in [0.5, 0.6) is 0 Å². The van der Waals surface area contributed by atoms with Crippen LogP contribution in [-0.2, 0) is 18.9 Å². The van der Waals surface area contributed by atoms with E-state index in [2.05, 4.69) is 6.07 Å². The highest BCUT2D eigenvalue weighted by molar-refractivity contribution is 5.00. The molecule has 0 N–H and O–H groups in total. The Balaban J connectivity index is 2.01. The van der Waals surface area contributed by atoms with Crippen molar-refractivity contribution < 1.29 is 18.9 Å². The first-order valence-corrected chi connectivity index (χ1v) is 6.46. The van der Waals surface area contributed by atoms with Crippen LogP contribution in [0.4, 0.5) is 0 Å². The molecule has 0 amide bonds. The van der Waals surface area contributed by atoms with E-state index in [1.165, 1.54) is 0 Å². The number of hydrogen-bond acceptors (Lipinski definition) is 5. The Bertz CT molecular complexity index is 246. The molecule has 0 aromatic heterocycles. The zero-order valence-electron chi connectivity index (χ0n) is 11.2. The van der Waals surface area contributed by atoms with Gasteiger partial charge in [-0.05, 0) is 19.3 Å². The maximum Gasteiger partial charge on any atom is 0.0829 e. The summed E-state index contributed by atoms with van der Waals surface area (Å²) >= 11 is 0. The summed E-state index contributed by atoms with van der Waals surface area (Å²) in [6.07, 6.45) is 2.62. The van der Waals surface area contributed by atoms with Crippen molar-refractivity contribution in [2.45, 2.75) is 19.3 Å². The molecule has 0 aromatic rings. The summed E-state index contributed by atoms with van der Waals surface area (Å²) in [5, 5.41) is 9.22. The van der Waals surface area contributed by atoms with Crippen LogP contribution in [0.25, 0.3) is 0 Å². The van der Waals surface area contributed by atoms with Crippen LogP contribution in [0, 0.1) is 16.7 Å². The average molecular weight is 257 g/mol. The van der Waals surface area contributed by atoms with Crippen molar-refractivity contribution in [1.82, 2.24) is 0 Å². The predicted molar refractivity (Wildman–Crippen MR) is 66.2 cm³/mol. The van der Waals surface area contributed by atoms with Gasteiger partial charge in [0.05, 0.1) is 44.5 Å². The highest BCUT2D eigenvalue weighted by Crippen LogP contribution is 2.31. The third-order valence-electron chi connectivity index (χ3n) is 3.09. The molecular formula is C13H23NO4. The molecule has 5 nitrogen and oxygen atoms in total. The number of rotatable bonds is 9. The fourth-order valence-electron chi connectivity index (χ4n) is 1.93. The molecule has 1 aliphatic heterocycles. The minimum atomic E-state index is -0.338. The highest BCUT2D eigenvalue weighted by Gasteiger charge is 2.32. The predicted octanol–water partition coefficient (Wildman–Crippen LogP) is 1.38. The van der Waals surface area contributed by atoms with E-state index in [0.29, 0.717) is 39.6 Å². The van der Waals surface area contributed by atoms with Crippen LogP contribution in [-0.4, -0.2) is 53.4 Å². The van der Waals surface area contributed by atoms with Crippen LogP contribution in [0.3, 0.4) is 0 Å². The lowest BCUT2D eigenvalue weighted by Gasteiger charge is -2.30. The maximum atomic E-state index is 9.22. The smallest absolute Gasteiger partial charge is 0.0829 e. The monoisotopic (exact) mass is 257 g/mol. The molecule has 104 valence electrons. The standard InChI is InChI=1S/C13H23NO4/c1-15-7-8-17-10-9-16-6-4-13(11-14)3-2-5-18-12-13/h2-10,12H2,1H3. The minimum absolute atomic E-state index is 0.338. The largest absolute Gasteiger partial charge is 0.382 e. The molecule has 1 rings (SSSR count). The Hall–Kier alpha value is -0.670. The summed E-state index contributed by atoms with van der Waals surface area (Å²) in [4.78, 5) is 0. The lowest BCUT2D eigenvalue weighted by molar-refractivity contribution is -0.0106. The third kappa shape index (κ3) is 5.78. The quantitative estimate of drug-likeness (QED) is 0.584. The molecular weight excluding hydrogens is 234 g/mol. The summed E-state index contributed by atoms with van der Waals surface area (Å²) in [5.74, 6) is 0. The summed E-state index contributed by atoms with van der Waals surface area (Å²) in [5.41, 5.74) is -0.338. The van der Waals surface area contributed by atoms with Gasteiger partial charge in [0.1, 0.15) is 0 Å². The highest BCUT2D eigenvalue weighted by atomic mass is 16.5. The van der Waals surface area contributed by atoms with E-state index in [9.17, 15) is 5.26 Å². The van der Waals surface area contributed by atoms with Gasteiger partial charge in [-0.2, -0.15) is 5.26 Å². The maximum absolute atomic E-state index is 9.22. The normalized spacial score (nSPS) is 23.8. The van der Waals surface area contributed by atoms with Gasteiger partial charge in [-0.25, -0.2) is 0 Å². The molecule has 0 saturated carbocycles. The number of nitriles is 1. The summed E-state index contributed by atoms with van der Waals surface area (Å²) in [7, 11) is 1.65. The fraction of sp³-hybridized carbons (Fsp3) is 0.923. The van der Waals surface area contributed by atoms with Crippen molar-refractivity contribution in [3.8, 4) is 6.07 Å². The zero-order chi connectivity index (χ0) is 13.1.